The molecule has 0 bridgehead atoms. The van der Waals surface area contributed by atoms with Crippen LogP contribution in [0.1, 0.15) is 43.5 Å². The lowest BCUT2D eigenvalue weighted by molar-refractivity contribution is -0.133. The van der Waals surface area contributed by atoms with Gasteiger partial charge in [0.2, 0.25) is 5.91 Å². The Morgan fingerprint density at radius 2 is 2.04 bits per heavy atom. The van der Waals surface area contributed by atoms with Crippen LogP contribution in [0.25, 0.3) is 0 Å². The van der Waals surface area contributed by atoms with Gasteiger partial charge in [0.25, 0.3) is 0 Å². The van der Waals surface area contributed by atoms with Gasteiger partial charge in [-0.3, -0.25) is 10.1 Å². The number of hydrogen-bond donors (Lipinski definition) is 1. The molecule has 0 spiro atoms. The molecule has 0 radical (unpaired) electrons. The van der Waals surface area contributed by atoms with Crippen LogP contribution in [0.3, 0.4) is 0 Å². The molecule has 1 N–H and O–H groups in total. The summed E-state index contributed by atoms with van der Waals surface area (Å²) in [5.41, 5.74) is 1.01. The van der Waals surface area contributed by atoms with E-state index in [2.05, 4.69) is 15.4 Å². The summed E-state index contributed by atoms with van der Waals surface area (Å²) in [6, 6.07) is 9.88. The molecule has 25 heavy (non-hydrogen) atoms. The molecule has 1 aliphatic rings. The Hall–Kier alpha value is -2.21. The fraction of sp³-hybridized carbons (Fsp3) is 0.526. The Morgan fingerprint density at radius 3 is 2.72 bits per heavy atom. The van der Waals surface area contributed by atoms with Crippen molar-refractivity contribution in [3.8, 4) is 0 Å². The van der Waals surface area contributed by atoms with Crippen LogP contribution in [0.4, 0.5) is 0 Å². The highest BCUT2D eigenvalue weighted by molar-refractivity contribution is 5.83. The number of aryl methyl sites for hydroxylation is 2. The lowest BCUT2D eigenvalue weighted by Crippen LogP contribution is -2.47. The average molecular weight is 341 g/mol. The largest absolute Gasteiger partial charge is 0.342 e. The summed E-state index contributed by atoms with van der Waals surface area (Å²) in [4.78, 5) is 19.4. The van der Waals surface area contributed by atoms with Crippen molar-refractivity contribution in [2.75, 3.05) is 13.1 Å². The predicted octanol–water partition coefficient (Wildman–Crippen LogP) is 2.10. The molecule has 134 valence electrons. The van der Waals surface area contributed by atoms with E-state index in [4.69, 9.17) is 0 Å². The zero-order valence-electron chi connectivity index (χ0n) is 15.3. The first-order valence-electron chi connectivity index (χ1n) is 9.12. The van der Waals surface area contributed by atoms with Crippen molar-refractivity contribution in [3.05, 3.63) is 47.5 Å². The smallest absolute Gasteiger partial charge is 0.244 e. The van der Waals surface area contributed by atoms with Crippen LogP contribution in [0.15, 0.2) is 30.3 Å². The van der Waals surface area contributed by atoms with E-state index in [-0.39, 0.29) is 18.0 Å². The summed E-state index contributed by atoms with van der Waals surface area (Å²) in [5, 5.41) is 8.06. The van der Waals surface area contributed by atoms with E-state index >= 15 is 0 Å². The maximum Gasteiger partial charge on any atom is 0.244 e. The molecule has 6 heteroatoms. The van der Waals surface area contributed by atoms with Gasteiger partial charge in [0.15, 0.2) is 0 Å². The first-order valence-corrected chi connectivity index (χ1v) is 9.12. The second-order valence-electron chi connectivity index (χ2n) is 6.51. The molecule has 1 amide bonds. The molecule has 0 saturated carbocycles. The summed E-state index contributed by atoms with van der Waals surface area (Å²) in [6.45, 7) is 8.16. The number of carbonyl (C=O) groups excluding carboxylic acids is 1. The number of likely N-dealkylation sites (N-methyl/N-ethyl adjacent to an activating group) is 1. The van der Waals surface area contributed by atoms with Gasteiger partial charge in [0.05, 0.1) is 6.54 Å². The zero-order valence-corrected chi connectivity index (χ0v) is 15.3. The van der Waals surface area contributed by atoms with Crippen LogP contribution in [0.2, 0.25) is 0 Å². The van der Waals surface area contributed by atoms with E-state index in [0.717, 1.165) is 49.7 Å². The lowest BCUT2D eigenvalue weighted by atomic mass is 10.0. The quantitative estimate of drug-likeness (QED) is 0.874. The van der Waals surface area contributed by atoms with Crippen LogP contribution in [-0.2, 0) is 17.8 Å². The number of carbonyl (C=O) groups is 1. The number of fused-ring (bicyclic) bond motifs is 1. The van der Waals surface area contributed by atoms with Gasteiger partial charge in [0.1, 0.15) is 17.7 Å². The van der Waals surface area contributed by atoms with Crippen LogP contribution in [0.5, 0.6) is 0 Å². The zero-order chi connectivity index (χ0) is 17.8. The molecule has 2 atom stereocenters. The van der Waals surface area contributed by atoms with Crippen molar-refractivity contribution in [2.45, 2.75) is 52.2 Å². The maximum absolute atomic E-state index is 13.1. The normalized spacial score (nSPS) is 17.8. The topological polar surface area (TPSA) is 63.1 Å². The number of hydrogen-bond acceptors (Lipinski definition) is 4. The van der Waals surface area contributed by atoms with Crippen LogP contribution < -0.4 is 5.32 Å². The van der Waals surface area contributed by atoms with Gasteiger partial charge in [0, 0.05) is 25.6 Å². The summed E-state index contributed by atoms with van der Waals surface area (Å²) in [6.07, 6.45) is 1.85. The van der Waals surface area contributed by atoms with E-state index in [1.54, 1.807) is 0 Å². The lowest BCUT2D eigenvalue weighted by Gasteiger charge is -2.31. The average Bonchev–Trinajstić information content (AvgIpc) is 3.00. The number of nitrogens with zero attached hydrogens (tertiary/aromatic N) is 4. The molecule has 2 aromatic rings. The number of rotatable bonds is 6. The number of aromatic nitrogens is 3. The van der Waals surface area contributed by atoms with Gasteiger partial charge in [-0.05, 0) is 32.8 Å². The molecule has 6 nitrogen and oxygen atoms in total. The Morgan fingerprint density at radius 1 is 1.32 bits per heavy atom. The van der Waals surface area contributed by atoms with E-state index < -0.39 is 0 Å². The van der Waals surface area contributed by atoms with Crippen molar-refractivity contribution < 1.29 is 4.79 Å². The van der Waals surface area contributed by atoms with E-state index in [1.807, 2.05) is 60.7 Å². The Labute approximate surface area is 149 Å². The Bertz CT molecular complexity index is 708. The number of amides is 1. The van der Waals surface area contributed by atoms with Crippen molar-refractivity contribution in [2.24, 2.45) is 0 Å². The van der Waals surface area contributed by atoms with E-state index in [1.165, 1.54) is 0 Å². The van der Waals surface area contributed by atoms with Gasteiger partial charge in [-0.15, -0.1) is 0 Å². The first-order chi connectivity index (χ1) is 12.1. The number of nitrogens with one attached hydrogen (secondary N) is 1. The molecule has 1 aliphatic heterocycles. The van der Waals surface area contributed by atoms with Gasteiger partial charge in [-0.1, -0.05) is 30.3 Å². The van der Waals surface area contributed by atoms with Crippen LogP contribution >= 0.6 is 0 Å². The summed E-state index contributed by atoms with van der Waals surface area (Å²) in [7, 11) is 0. The van der Waals surface area contributed by atoms with Gasteiger partial charge < -0.3 is 4.90 Å². The highest BCUT2D eigenvalue weighted by Gasteiger charge is 2.29. The Balaban J connectivity index is 1.79. The van der Waals surface area contributed by atoms with Crippen LogP contribution in [-0.4, -0.2) is 44.7 Å². The second-order valence-corrected chi connectivity index (χ2v) is 6.51. The standard InChI is InChI=1S/C19H27N5O/c1-4-23(5-2)19(25)18(15-9-7-6-8-10-15)21-16-11-12-17-20-14(3)22-24(17)13-16/h6-10,16,18,21H,4-5,11-13H2,1-3H3. The van der Waals surface area contributed by atoms with E-state index in [9.17, 15) is 4.79 Å². The van der Waals surface area contributed by atoms with Crippen molar-refractivity contribution in [3.63, 3.8) is 0 Å². The molecule has 0 saturated heterocycles. The van der Waals surface area contributed by atoms with Crippen molar-refractivity contribution >= 4 is 5.91 Å². The van der Waals surface area contributed by atoms with Gasteiger partial charge >= 0.3 is 0 Å². The minimum Gasteiger partial charge on any atom is -0.342 e. The van der Waals surface area contributed by atoms with Crippen LogP contribution in [0, 0.1) is 6.92 Å². The predicted molar refractivity (Wildman–Crippen MR) is 97.1 cm³/mol. The molecular formula is C19H27N5O. The fourth-order valence-electron chi connectivity index (χ4n) is 3.48. The SMILES string of the molecule is CCN(CC)C(=O)C(NC1CCc2nc(C)nn2C1)c1ccccc1. The van der Waals surface area contributed by atoms with Crippen molar-refractivity contribution in [1.29, 1.82) is 0 Å². The molecule has 3 rings (SSSR count). The minimum absolute atomic E-state index is 0.136. The summed E-state index contributed by atoms with van der Waals surface area (Å²) in [5.74, 6) is 1.99. The third-order valence-electron chi connectivity index (χ3n) is 4.82. The first kappa shape index (κ1) is 17.6. The van der Waals surface area contributed by atoms with Gasteiger partial charge in [-0.2, -0.15) is 5.10 Å². The molecule has 1 aromatic carbocycles. The molecule has 1 aromatic heterocycles. The third-order valence-corrected chi connectivity index (χ3v) is 4.82. The van der Waals surface area contributed by atoms with Gasteiger partial charge in [-0.25, -0.2) is 9.67 Å². The molecule has 0 aliphatic carbocycles. The fourth-order valence-corrected chi connectivity index (χ4v) is 3.48. The number of benzene rings is 1. The minimum atomic E-state index is -0.322. The Kier molecular flexibility index (Phi) is 5.48. The maximum atomic E-state index is 13.1. The molecule has 2 unspecified atom stereocenters. The molecule has 2 heterocycles. The molecular weight excluding hydrogens is 314 g/mol. The van der Waals surface area contributed by atoms with Crippen molar-refractivity contribution in [1.82, 2.24) is 25.0 Å². The molecule has 0 fully saturated rings. The summed E-state index contributed by atoms with van der Waals surface area (Å²) < 4.78 is 1.97. The second kappa shape index (κ2) is 7.78. The van der Waals surface area contributed by atoms with E-state index in [0.29, 0.717) is 0 Å². The third kappa shape index (κ3) is 3.90. The monoisotopic (exact) mass is 341 g/mol. The highest BCUT2D eigenvalue weighted by Crippen LogP contribution is 2.20. The highest BCUT2D eigenvalue weighted by atomic mass is 16.2. The summed E-state index contributed by atoms with van der Waals surface area (Å²) >= 11 is 0.